The lowest BCUT2D eigenvalue weighted by atomic mass is 10.1. The van der Waals surface area contributed by atoms with Gasteiger partial charge in [-0.2, -0.15) is 4.98 Å². The van der Waals surface area contributed by atoms with Crippen LogP contribution in [0.25, 0.3) is 0 Å². The topological polar surface area (TPSA) is 98.2 Å². The van der Waals surface area contributed by atoms with Crippen LogP contribution in [-0.2, 0) is 0 Å². The molecule has 1 heterocycles. The average molecular weight is 267 g/mol. The first-order valence-electron chi connectivity index (χ1n) is 6.29. The molecule has 0 radical (unpaired) electrons. The van der Waals surface area contributed by atoms with E-state index in [4.69, 9.17) is 5.73 Å². The molecule has 0 bridgehead atoms. The smallest absolute Gasteiger partial charge is 0.332 e. The van der Waals surface area contributed by atoms with Gasteiger partial charge in [-0.05, 0) is 26.7 Å². The van der Waals surface area contributed by atoms with Crippen molar-refractivity contribution in [2.24, 2.45) is 5.92 Å². The highest BCUT2D eigenvalue weighted by atomic mass is 16.6. The second-order valence-electron chi connectivity index (χ2n) is 5.24. The van der Waals surface area contributed by atoms with Crippen LogP contribution in [0.2, 0.25) is 0 Å². The third kappa shape index (κ3) is 3.52. The fourth-order valence-corrected chi connectivity index (χ4v) is 1.92. The Kier molecular flexibility index (Phi) is 4.63. The molecule has 1 rings (SSSR count). The molecule has 1 aromatic rings. The van der Waals surface area contributed by atoms with Crippen LogP contribution in [0.3, 0.4) is 0 Å². The van der Waals surface area contributed by atoms with E-state index in [0.29, 0.717) is 24.0 Å². The Bertz CT molecular complexity index is 473. The van der Waals surface area contributed by atoms with E-state index in [2.05, 4.69) is 23.8 Å². The number of aryl methyl sites for hydroxylation is 1. The molecule has 2 N–H and O–H groups in total. The van der Waals surface area contributed by atoms with Gasteiger partial charge in [0.05, 0.1) is 4.92 Å². The molecule has 0 amide bonds. The molecular weight excluding hydrogens is 246 g/mol. The Hall–Kier alpha value is -1.92. The molecule has 0 unspecified atom stereocenters. The van der Waals surface area contributed by atoms with Gasteiger partial charge in [-0.1, -0.05) is 13.8 Å². The van der Waals surface area contributed by atoms with Crippen LogP contribution in [0.1, 0.15) is 33.4 Å². The van der Waals surface area contributed by atoms with E-state index >= 15 is 0 Å². The molecule has 0 saturated heterocycles. The van der Waals surface area contributed by atoms with Gasteiger partial charge in [0.1, 0.15) is 5.69 Å². The summed E-state index contributed by atoms with van der Waals surface area (Å²) in [6.45, 7) is 10.3. The molecule has 0 saturated carbocycles. The highest BCUT2D eigenvalue weighted by molar-refractivity contribution is 5.62. The van der Waals surface area contributed by atoms with Crippen LogP contribution in [0, 0.1) is 23.0 Å². The molecule has 7 nitrogen and oxygen atoms in total. The number of nitro groups is 1. The standard InChI is InChI=1S/C12H21N5O2/c1-7(2)6-16(8(3)4)11-10(17(18)19)9(5)14-12(13)15-11/h7-8H,6H2,1-5H3,(H2,13,14,15). The number of aromatic nitrogens is 2. The molecule has 0 spiro atoms. The van der Waals surface area contributed by atoms with E-state index < -0.39 is 4.92 Å². The molecule has 1 aromatic heterocycles. The number of nitrogens with two attached hydrogens (primary N) is 1. The van der Waals surface area contributed by atoms with Crippen molar-refractivity contribution >= 4 is 17.5 Å². The molecule has 0 aliphatic heterocycles. The maximum Gasteiger partial charge on any atom is 0.332 e. The van der Waals surface area contributed by atoms with Crippen LogP contribution >= 0.6 is 0 Å². The predicted molar refractivity (Wildman–Crippen MR) is 75.2 cm³/mol. The van der Waals surface area contributed by atoms with E-state index in [1.54, 1.807) is 6.92 Å². The maximum atomic E-state index is 11.2. The summed E-state index contributed by atoms with van der Waals surface area (Å²) in [4.78, 5) is 20.6. The number of hydrogen-bond donors (Lipinski definition) is 1. The van der Waals surface area contributed by atoms with E-state index in [-0.39, 0.29) is 17.7 Å². The summed E-state index contributed by atoms with van der Waals surface area (Å²) in [6.07, 6.45) is 0. The van der Waals surface area contributed by atoms with E-state index in [0.717, 1.165) is 0 Å². The van der Waals surface area contributed by atoms with Gasteiger partial charge in [-0.15, -0.1) is 0 Å². The summed E-state index contributed by atoms with van der Waals surface area (Å²) in [5, 5.41) is 11.2. The summed E-state index contributed by atoms with van der Waals surface area (Å²) in [5.74, 6) is 0.727. The molecule has 19 heavy (non-hydrogen) atoms. The quantitative estimate of drug-likeness (QED) is 0.648. The van der Waals surface area contributed by atoms with E-state index in [1.807, 2.05) is 18.7 Å². The normalized spacial score (nSPS) is 11.1. The van der Waals surface area contributed by atoms with Gasteiger partial charge in [0, 0.05) is 12.6 Å². The Morgan fingerprint density at radius 2 is 1.89 bits per heavy atom. The summed E-state index contributed by atoms with van der Waals surface area (Å²) in [5.41, 5.74) is 5.85. The molecular formula is C12H21N5O2. The molecule has 0 atom stereocenters. The molecule has 106 valence electrons. The van der Waals surface area contributed by atoms with Gasteiger partial charge in [0.2, 0.25) is 11.8 Å². The largest absolute Gasteiger partial charge is 0.368 e. The summed E-state index contributed by atoms with van der Waals surface area (Å²) < 4.78 is 0. The van der Waals surface area contributed by atoms with Crippen LogP contribution in [0.15, 0.2) is 0 Å². The van der Waals surface area contributed by atoms with Crippen LogP contribution in [-0.4, -0.2) is 27.5 Å². The SMILES string of the molecule is Cc1nc(N)nc(N(CC(C)C)C(C)C)c1[N+](=O)[O-]. The molecule has 0 aliphatic carbocycles. The third-order valence-electron chi connectivity index (χ3n) is 2.70. The second kappa shape index (κ2) is 5.81. The first kappa shape index (κ1) is 15.1. The Balaban J connectivity index is 3.39. The van der Waals surface area contributed by atoms with Crippen molar-refractivity contribution in [1.82, 2.24) is 9.97 Å². The highest BCUT2D eigenvalue weighted by Gasteiger charge is 2.27. The van der Waals surface area contributed by atoms with Crippen molar-refractivity contribution in [2.45, 2.75) is 40.7 Å². The predicted octanol–water partition coefficient (Wildman–Crippen LogP) is 2.15. The first-order valence-corrected chi connectivity index (χ1v) is 6.29. The zero-order chi connectivity index (χ0) is 14.7. The monoisotopic (exact) mass is 267 g/mol. The van der Waals surface area contributed by atoms with Gasteiger partial charge in [0.15, 0.2) is 0 Å². The zero-order valence-corrected chi connectivity index (χ0v) is 12.0. The fourth-order valence-electron chi connectivity index (χ4n) is 1.92. The van der Waals surface area contributed by atoms with Gasteiger partial charge in [-0.3, -0.25) is 10.1 Å². The Morgan fingerprint density at radius 3 is 2.32 bits per heavy atom. The van der Waals surface area contributed by atoms with Crippen LogP contribution in [0.4, 0.5) is 17.5 Å². The van der Waals surface area contributed by atoms with Crippen molar-refractivity contribution in [3.8, 4) is 0 Å². The minimum absolute atomic E-state index is 0.0625. The average Bonchev–Trinajstić information content (AvgIpc) is 2.23. The van der Waals surface area contributed by atoms with E-state index in [9.17, 15) is 10.1 Å². The molecule has 0 fully saturated rings. The lowest BCUT2D eigenvalue weighted by molar-refractivity contribution is -0.385. The second-order valence-corrected chi connectivity index (χ2v) is 5.24. The third-order valence-corrected chi connectivity index (χ3v) is 2.70. The summed E-state index contributed by atoms with van der Waals surface area (Å²) >= 11 is 0. The van der Waals surface area contributed by atoms with Gasteiger partial charge < -0.3 is 10.6 Å². The van der Waals surface area contributed by atoms with Gasteiger partial charge in [-0.25, -0.2) is 4.98 Å². The number of rotatable bonds is 5. The Morgan fingerprint density at radius 1 is 1.32 bits per heavy atom. The number of hydrogen-bond acceptors (Lipinski definition) is 6. The maximum absolute atomic E-state index is 11.2. The summed E-state index contributed by atoms with van der Waals surface area (Å²) in [7, 11) is 0. The van der Waals surface area contributed by atoms with Crippen molar-refractivity contribution in [3.63, 3.8) is 0 Å². The van der Waals surface area contributed by atoms with Crippen molar-refractivity contribution < 1.29 is 4.92 Å². The molecule has 7 heteroatoms. The molecule has 0 aromatic carbocycles. The van der Waals surface area contributed by atoms with Gasteiger partial charge in [0.25, 0.3) is 0 Å². The first-order chi connectivity index (χ1) is 8.73. The van der Waals surface area contributed by atoms with Crippen LogP contribution < -0.4 is 10.6 Å². The van der Waals surface area contributed by atoms with Crippen LogP contribution in [0.5, 0.6) is 0 Å². The van der Waals surface area contributed by atoms with E-state index in [1.165, 1.54) is 0 Å². The molecule has 0 aliphatic rings. The number of nitrogens with zero attached hydrogens (tertiary/aromatic N) is 4. The number of nitrogen functional groups attached to an aromatic ring is 1. The minimum atomic E-state index is -0.445. The van der Waals surface area contributed by atoms with Crippen molar-refractivity contribution in [1.29, 1.82) is 0 Å². The minimum Gasteiger partial charge on any atom is -0.368 e. The Labute approximate surface area is 113 Å². The lowest BCUT2D eigenvalue weighted by Gasteiger charge is -2.29. The fraction of sp³-hybridized carbons (Fsp3) is 0.667. The lowest BCUT2D eigenvalue weighted by Crippen LogP contribution is -2.35. The summed E-state index contributed by atoms with van der Waals surface area (Å²) in [6, 6.07) is 0.0924. The zero-order valence-electron chi connectivity index (χ0n) is 12.0. The highest BCUT2D eigenvalue weighted by Crippen LogP contribution is 2.30. The van der Waals surface area contributed by atoms with Crippen molar-refractivity contribution in [2.75, 3.05) is 17.2 Å². The van der Waals surface area contributed by atoms with Gasteiger partial charge >= 0.3 is 5.69 Å². The number of anilines is 2. The van der Waals surface area contributed by atoms with Crippen molar-refractivity contribution in [3.05, 3.63) is 15.8 Å².